The number of rotatable bonds is 4. The molecule has 4 aliphatic heterocycles. The van der Waals surface area contributed by atoms with Gasteiger partial charge in [-0.3, -0.25) is 0 Å². The molecule has 4 saturated heterocycles. The molecule has 1 nitrogen and oxygen atoms in total. The summed E-state index contributed by atoms with van der Waals surface area (Å²) in [7, 11) is 0. The number of hydrogen-bond donors (Lipinski definition) is 0. The largest absolute Gasteiger partial charge is 0.370 e. The number of para-hydroxylation sites is 1. The zero-order valence-corrected chi connectivity index (χ0v) is 22.1. The third-order valence-electron chi connectivity index (χ3n) is 10.9. The lowest BCUT2D eigenvalue weighted by atomic mass is 9.19. The molecule has 0 N–H and O–H groups in total. The molecule has 0 amide bonds. The highest BCUT2D eigenvalue weighted by molar-refractivity contribution is 6.65. The normalized spacial score (nSPS) is 39.3. The van der Waals surface area contributed by atoms with Gasteiger partial charge >= 0.3 is 0 Å². The minimum Gasteiger partial charge on any atom is -0.370 e. The summed E-state index contributed by atoms with van der Waals surface area (Å²) in [6.07, 6.45) is 13.1. The van der Waals surface area contributed by atoms with Crippen molar-refractivity contribution in [1.82, 2.24) is 0 Å². The zero-order chi connectivity index (χ0) is 22.8. The predicted octanol–water partition coefficient (Wildman–Crippen LogP) is 8.85. The van der Waals surface area contributed by atoms with Crippen LogP contribution in [0.15, 0.2) is 18.2 Å². The molecule has 5 aliphatic rings. The minimum atomic E-state index is 0.308. The maximum Gasteiger partial charge on any atom is 0.174 e. The number of benzene rings is 1. The van der Waals surface area contributed by atoms with E-state index in [1.165, 1.54) is 57.8 Å². The van der Waals surface area contributed by atoms with Crippen LogP contribution >= 0.6 is 0 Å². The molecule has 5 fully saturated rings. The van der Waals surface area contributed by atoms with Crippen LogP contribution in [-0.2, 0) is 0 Å². The van der Waals surface area contributed by atoms with E-state index in [9.17, 15) is 0 Å². The van der Waals surface area contributed by atoms with Gasteiger partial charge in [0.15, 0.2) is 6.71 Å². The molecule has 1 aliphatic carbocycles. The lowest BCUT2D eigenvalue weighted by Crippen LogP contribution is -2.74. The van der Waals surface area contributed by atoms with Crippen molar-refractivity contribution < 1.29 is 0 Å². The molecule has 32 heavy (non-hydrogen) atoms. The lowest BCUT2D eigenvalue weighted by Gasteiger charge is -2.70. The molecule has 4 bridgehead atoms. The van der Waals surface area contributed by atoms with E-state index in [0.29, 0.717) is 22.8 Å². The Kier molecular flexibility index (Phi) is 5.78. The highest BCUT2D eigenvalue weighted by Crippen LogP contribution is 2.63. The Hall–Kier alpha value is -0.915. The van der Waals surface area contributed by atoms with Crippen molar-refractivity contribution in [3.8, 4) is 0 Å². The first kappa shape index (κ1) is 22.9. The Balaban J connectivity index is 1.73. The number of anilines is 1. The molecule has 0 aromatic heterocycles. The fraction of sp³-hybridized carbons (Fsp3) is 0.800. The van der Waals surface area contributed by atoms with Gasteiger partial charge in [-0.1, -0.05) is 110 Å². The second-order valence-electron chi connectivity index (χ2n) is 13.5. The van der Waals surface area contributed by atoms with E-state index in [-0.39, 0.29) is 0 Å². The Morgan fingerprint density at radius 3 is 1.88 bits per heavy atom. The van der Waals surface area contributed by atoms with E-state index in [0.717, 1.165) is 30.2 Å². The second kappa shape index (κ2) is 8.09. The van der Waals surface area contributed by atoms with Crippen molar-refractivity contribution >= 4 is 12.4 Å². The molecule has 1 aromatic rings. The summed E-state index contributed by atoms with van der Waals surface area (Å²) >= 11 is 0. The molecule has 2 heteroatoms. The number of fused-ring (bicyclic) bond motifs is 6. The van der Waals surface area contributed by atoms with Crippen molar-refractivity contribution in [2.24, 2.45) is 11.3 Å². The van der Waals surface area contributed by atoms with E-state index < -0.39 is 0 Å². The van der Waals surface area contributed by atoms with Crippen LogP contribution in [-0.4, -0.2) is 18.2 Å². The van der Waals surface area contributed by atoms with Crippen LogP contribution in [0.5, 0.6) is 0 Å². The quantitative estimate of drug-likeness (QED) is 0.429. The van der Waals surface area contributed by atoms with E-state index >= 15 is 0 Å². The SMILES string of the molecule is CC(C)c1cccc(C(C)C)c1N1[C@@H](B2C3CCCC2CCC3)[C@@]2(C)CC[C@]1(C)C[C@H]2C. The van der Waals surface area contributed by atoms with Crippen molar-refractivity contribution in [2.75, 3.05) is 4.90 Å². The standard InChI is InChI=1S/C30H48BN/c1-20(2)25-15-10-16-26(21(3)4)27(25)32-28(30(7)18-17-29(32,6)19-22(30)5)31-23-11-8-12-24(31)14-9-13-23/h10,15-16,20-24,28H,8-9,11-14,17-19H2,1-7H3/t22-,23?,24?,28-,29-,30+/m1/s1. The minimum absolute atomic E-state index is 0.308. The van der Waals surface area contributed by atoms with Crippen LogP contribution in [0.1, 0.15) is 129 Å². The molecule has 1 aromatic carbocycles. The summed E-state index contributed by atoms with van der Waals surface area (Å²) in [4.78, 5) is 3.13. The van der Waals surface area contributed by atoms with Gasteiger partial charge in [-0.25, -0.2) is 0 Å². The molecular formula is C30H48BN. The van der Waals surface area contributed by atoms with Crippen molar-refractivity contribution in [1.29, 1.82) is 0 Å². The molecule has 176 valence electrons. The van der Waals surface area contributed by atoms with Gasteiger partial charge in [0.05, 0.1) is 0 Å². The maximum atomic E-state index is 3.13. The van der Waals surface area contributed by atoms with Crippen LogP contribution in [0, 0.1) is 11.3 Å². The van der Waals surface area contributed by atoms with Gasteiger partial charge in [0.25, 0.3) is 0 Å². The van der Waals surface area contributed by atoms with Crippen molar-refractivity contribution in [2.45, 2.75) is 141 Å². The monoisotopic (exact) mass is 433 g/mol. The average Bonchev–Trinajstić information content (AvgIpc) is 2.73. The predicted molar refractivity (Wildman–Crippen MR) is 141 cm³/mol. The number of nitrogens with zero attached hydrogens (tertiary/aromatic N) is 1. The first-order valence-electron chi connectivity index (χ1n) is 14.1. The van der Waals surface area contributed by atoms with E-state index in [2.05, 4.69) is 71.6 Å². The highest BCUT2D eigenvalue weighted by atomic mass is 15.3. The van der Waals surface area contributed by atoms with Gasteiger partial charge in [0.1, 0.15) is 0 Å². The third-order valence-corrected chi connectivity index (χ3v) is 10.9. The summed E-state index contributed by atoms with van der Waals surface area (Å²) in [5.41, 5.74) is 5.62. The first-order chi connectivity index (χ1) is 15.2. The highest BCUT2D eigenvalue weighted by Gasteiger charge is 2.63. The van der Waals surface area contributed by atoms with Crippen LogP contribution in [0.3, 0.4) is 0 Å². The van der Waals surface area contributed by atoms with Crippen molar-refractivity contribution in [3.63, 3.8) is 0 Å². The molecule has 1 saturated carbocycles. The van der Waals surface area contributed by atoms with Gasteiger partial charge in [-0.15, -0.1) is 0 Å². The summed E-state index contributed by atoms with van der Waals surface area (Å²) < 4.78 is 0. The average molecular weight is 434 g/mol. The molecule has 0 unspecified atom stereocenters. The summed E-state index contributed by atoms with van der Waals surface area (Å²) in [5, 5.41) is 0. The third kappa shape index (κ3) is 3.32. The Bertz CT molecular complexity index is 797. The smallest absolute Gasteiger partial charge is 0.174 e. The fourth-order valence-electron chi connectivity index (χ4n) is 9.12. The lowest BCUT2D eigenvalue weighted by molar-refractivity contribution is 0.0112. The molecular weight excluding hydrogens is 385 g/mol. The van der Waals surface area contributed by atoms with E-state index in [1.807, 2.05) is 0 Å². The Labute approximate surface area is 199 Å². The molecule has 0 spiro atoms. The first-order valence-corrected chi connectivity index (χ1v) is 14.1. The van der Waals surface area contributed by atoms with Crippen molar-refractivity contribution in [3.05, 3.63) is 29.3 Å². The van der Waals surface area contributed by atoms with Gasteiger partial charge in [-0.05, 0) is 60.5 Å². The fourth-order valence-corrected chi connectivity index (χ4v) is 9.12. The second-order valence-corrected chi connectivity index (χ2v) is 13.5. The molecule has 4 atom stereocenters. The van der Waals surface area contributed by atoms with E-state index in [4.69, 9.17) is 0 Å². The van der Waals surface area contributed by atoms with E-state index in [1.54, 1.807) is 16.8 Å². The van der Waals surface area contributed by atoms with Crippen LogP contribution < -0.4 is 4.90 Å². The molecule has 4 heterocycles. The zero-order valence-electron chi connectivity index (χ0n) is 22.1. The molecule has 6 rings (SSSR count). The maximum absolute atomic E-state index is 3.13. The van der Waals surface area contributed by atoms with Crippen LogP contribution in [0.4, 0.5) is 5.69 Å². The van der Waals surface area contributed by atoms with Crippen LogP contribution in [0.25, 0.3) is 0 Å². The van der Waals surface area contributed by atoms with Gasteiger partial charge in [0, 0.05) is 17.2 Å². The summed E-state index contributed by atoms with van der Waals surface area (Å²) in [6, 6.07) is 7.26. The summed E-state index contributed by atoms with van der Waals surface area (Å²) in [6.45, 7) is 18.6. The van der Waals surface area contributed by atoms with Gasteiger partial charge < -0.3 is 4.90 Å². The van der Waals surface area contributed by atoms with Gasteiger partial charge in [-0.2, -0.15) is 0 Å². The van der Waals surface area contributed by atoms with Gasteiger partial charge in [0.2, 0.25) is 0 Å². The number of piperidine rings is 2. The number of hydrogen-bond acceptors (Lipinski definition) is 1. The Morgan fingerprint density at radius 2 is 1.41 bits per heavy atom. The van der Waals surface area contributed by atoms with Crippen LogP contribution in [0.2, 0.25) is 11.6 Å². The topological polar surface area (TPSA) is 3.24 Å². The molecule has 0 radical (unpaired) electrons. The summed E-state index contributed by atoms with van der Waals surface area (Å²) in [5.74, 6) is 4.64. The Morgan fingerprint density at radius 1 is 0.875 bits per heavy atom.